The van der Waals surface area contributed by atoms with Crippen LogP contribution in [0.4, 0.5) is 10.5 Å². The van der Waals surface area contributed by atoms with Crippen LogP contribution in [0, 0.1) is 5.92 Å². The van der Waals surface area contributed by atoms with E-state index in [1.165, 1.54) is 12.8 Å². The molecule has 8 nitrogen and oxygen atoms in total. The first-order valence-electron chi connectivity index (χ1n) is 13.0. The minimum Gasteiger partial charge on any atom is -0.449 e. The number of amides is 3. The molecule has 0 spiro atoms. The summed E-state index contributed by atoms with van der Waals surface area (Å²) in [5, 5.41) is 9.32. The second kappa shape index (κ2) is 12.6. The van der Waals surface area contributed by atoms with Crippen molar-refractivity contribution >= 4 is 39.5 Å². The van der Waals surface area contributed by atoms with Gasteiger partial charge in [0.25, 0.3) is 5.91 Å². The number of carbonyl (C=O) groups excluding carboxylic acids is 3. The predicted octanol–water partition coefficient (Wildman–Crippen LogP) is 4.33. The van der Waals surface area contributed by atoms with Crippen molar-refractivity contribution in [1.29, 1.82) is 0 Å². The normalized spacial score (nSPS) is 17.1. The number of nitrogens with zero attached hydrogens (tertiary/aromatic N) is 1. The minimum absolute atomic E-state index is 0.00120. The summed E-state index contributed by atoms with van der Waals surface area (Å²) in [5.74, 6) is 0.416. The lowest BCUT2D eigenvalue weighted by molar-refractivity contribution is -0.122. The molecule has 2 aromatic rings. The third kappa shape index (κ3) is 7.79. The van der Waals surface area contributed by atoms with Crippen molar-refractivity contribution in [3.63, 3.8) is 0 Å². The number of benzene rings is 2. The molecule has 0 radical (unpaired) electrons. The molecule has 1 unspecified atom stereocenters. The average molecular weight is 572 g/mol. The summed E-state index contributed by atoms with van der Waals surface area (Å²) in [5.41, 5.74) is 3.00. The number of halogens is 1. The van der Waals surface area contributed by atoms with Gasteiger partial charge in [0, 0.05) is 28.8 Å². The first-order valence-corrected chi connectivity index (χ1v) is 13.7. The molecule has 0 aromatic heterocycles. The number of hydrogen-bond donors (Lipinski definition) is 3. The maximum Gasteiger partial charge on any atom is 0.414 e. The Balaban J connectivity index is 1.44. The van der Waals surface area contributed by atoms with Crippen LogP contribution >= 0.6 is 15.9 Å². The van der Waals surface area contributed by atoms with Crippen molar-refractivity contribution in [2.24, 2.45) is 5.92 Å². The molecule has 2 aliphatic rings. The Morgan fingerprint density at radius 1 is 1.14 bits per heavy atom. The van der Waals surface area contributed by atoms with Gasteiger partial charge in [-0.15, -0.1) is 0 Å². The molecule has 3 amide bonds. The van der Waals surface area contributed by atoms with E-state index in [0.29, 0.717) is 43.3 Å². The Labute approximate surface area is 226 Å². The highest BCUT2D eigenvalue weighted by atomic mass is 79.9. The van der Waals surface area contributed by atoms with Crippen LogP contribution in [0.25, 0.3) is 0 Å². The Bertz CT molecular complexity index is 1120. The molecule has 198 valence electrons. The summed E-state index contributed by atoms with van der Waals surface area (Å²) in [6, 6.07) is 12.8. The van der Waals surface area contributed by atoms with Gasteiger partial charge in [-0.05, 0) is 93.5 Å². The van der Waals surface area contributed by atoms with E-state index in [-0.39, 0.29) is 23.9 Å². The van der Waals surface area contributed by atoms with Crippen LogP contribution in [0.2, 0.25) is 0 Å². The molecule has 2 fully saturated rings. The fraction of sp³-hybridized carbons (Fsp3) is 0.464. The molecule has 1 heterocycles. The van der Waals surface area contributed by atoms with E-state index in [2.05, 4.69) is 31.9 Å². The van der Waals surface area contributed by atoms with Gasteiger partial charge in [-0.3, -0.25) is 14.5 Å². The van der Waals surface area contributed by atoms with Gasteiger partial charge in [-0.2, -0.15) is 0 Å². The van der Waals surface area contributed by atoms with Gasteiger partial charge in [-0.25, -0.2) is 4.79 Å². The molecule has 1 saturated heterocycles. The van der Waals surface area contributed by atoms with Gasteiger partial charge in [0.2, 0.25) is 5.91 Å². The first kappa shape index (κ1) is 27.1. The lowest BCUT2D eigenvalue weighted by Gasteiger charge is -2.27. The van der Waals surface area contributed by atoms with Crippen molar-refractivity contribution in [1.82, 2.24) is 16.0 Å². The Hall–Kier alpha value is -2.91. The van der Waals surface area contributed by atoms with Crippen molar-refractivity contribution in [3.05, 3.63) is 63.6 Å². The standard InChI is InChI=1S/C28H35BrN4O4/c1-18(22-6-8-24(29)9-7-22)32-27(35)23-14-21(15-25(16-23)33-12-3-13-37-28(33)36)10-11-30-19(2)26(34)31-17-20-4-5-20/h6-9,14-16,18-20,30H,3-5,10-13,17H2,1-2H3,(H,31,34)(H,32,35)/t18-,19?/m1/s1. The summed E-state index contributed by atoms with van der Waals surface area (Å²) in [6.45, 7) is 6.03. The topological polar surface area (TPSA) is 99.8 Å². The largest absolute Gasteiger partial charge is 0.449 e. The molecule has 0 bridgehead atoms. The number of carbonyl (C=O) groups is 3. The van der Waals surface area contributed by atoms with Crippen molar-refractivity contribution in [3.8, 4) is 0 Å². The molecule has 2 atom stereocenters. The van der Waals surface area contributed by atoms with Gasteiger partial charge >= 0.3 is 6.09 Å². The van der Waals surface area contributed by atoms with Crippen LogP contribution < -0.4 is 20.9 Å². The van der Waals surface area contributed by atoms with Gasteiger partial charge in [-0.1, -0.05) is 28.1 Å². The van der Waals surface area contributed by atoms with Gasteiger partial charge < -0.3 is 20.7 Å². The molecule has 1 aliphatic carbocycles. The van der Waals surface area contributed by atoms with Gasteiger partial charge in [0.15, 0.2) is 0 Å². The quantitative estimate of drug-likeness (QED) is 0.373. The lowest BCUT2D eigenvalue weighted by atomic mass is 10.0. The van der Waals surface area contributed by atoms with Gasteiger partial charge in [0.1, 0.15) is 0 Å². The maximum absolute atomic E-state index is 13.2. The van der Waals surface area contributed by atoms with E-state index in [1.54, 1.807) is 11.0 Å². The van der Waals surface area contributed by atoms with Crippen molar-refractivity contribution in [2.75, 3.05) is 31.1 Å². The molecular formula is C28H35BrN4O4. The highest BCUT2D eigenvalue weighted by Gasteiger charge is 2.24. The molecular weight excluding hydrogens is 536 g/mol. The number of cyclic esters (lactones) is 1. The van der Waals surface area contributed by atoms with Crippen LogP contribution in [0.3, 0.4) is 0 Å². The summed E-state index contributed by atoms with van der Waals surface area (Å²) >= 11 is 3.44. The molecule has 37 heavy (non-hydrogen) atoms. The molecule has 9 heteroatoms. The highest BCUT2D eigenvalue weighted by molar-refractivity contribution is 9.10. The zero-order valence-electron chi connectivity index (χ0n) is 21.4. The number of nitrogens with one attached hydrogen (secondary N) is 3. The molecule has 1 saturated carbocycles. The fourth-order valence-corrected chi connectivity index (χ4v) is 4.52. The second-order valence-corrected chi connectivity index (χ2v) is 10.8. The van der Waals surface area contributed by atoms with E-state index < -0.39 is 6.09 Å². The fourth-order valence-electron chi connectivity index (χ4n) is 4.25. The minimum atomic E-state index is -0.405. The van der Waals surface area contributed by atoms with E-state index >= 15 is 0 Å². The lowest BCUT2D eigenvalue weighted by Crippen LogP contribution is -2.43. The summed E-state index contributed by atoms with van der Waals surface area (Å²) < 4.78 is 6.20. The van der Waals surface area contributed by atoms with Crippen molar-refractivity contribution < 1.29 is 19.1 Å². The zero-order valence-corrected chi connectivity index (χ0v) is 23.0. The Morgan fingerprint density at radius 2 is 1.89 bits per heavy atom. The van der Waals surface area contributed by atoms with E-state index in [4.69, 9.17) is 4.74 Å². The monoisotopic (exact) mass is 570 g/mol. The zero-order chi connectivity index (χ0) is 26.4. The SMILES string of the molecule is CC(NCCc1cc(C(=O)N[C@H](C)c2ccc(Br)cc2)cc(N2CCCOC2=O)c1)C(=O)NCC1CC1. The average Bonchev–Trinajstić information content (AvgIpc) is 3.72. The van der Waals surface area contributed by atoms with Crippen LogP contribution in [-0.2, 0) is 16.0 Å². The van der Waals surface area contributed by atoms with E-state index in [1.807, 2.05) is 50.2 Å². The number of hydrogen-bond acceptors (Lipinski definition) is 5. The third-order valence-electron chi connectivity index (χ3n) is 6.76. The van der Waals surface area contributed by atoms with E-state index in [9.17, 15) is 14.4 Å². The van der Waals surface area contributed by atoms with Crippen LogP contribution in [-0.4, -0.2) is 50.2 Å². The van der Waals surface area contributed by atoms with Crippen molar-refractivity contribution in [2.45, 2.75) is 51.6 Å². The third-order valence-corrected chi connectivity index (χ3v) is 7.29. The number of rotatable bonds is 11. The molecule has 3 N–H and O–H groups in total. The summed E-state index contributed by atoms with van der Waals surface area (Å²) in [7, 11) is 0. The Morgan fingerprint density at radius 3 is 2.59 bits per heavy atom. The van der Waals surface area contributed by atoms with Crippen LogP contribution in [0.1, 0.15) is 60.6 Å². The van der Waals surface area contributed by atoms with Gasteiger partial charge in [0.05, 0.1) is 18.7 Å². The first-order chi connectivity index (χ1) is 17.8. The maximum atomic E-state index is 13.2. The smallest absolute Gasteiger partial charge is 0.414 e. The van der Waals surface area contributed by atoms with E-state index in [0.717, 1.165) is 28.6 Å². The number of ether oxygens (including phenoxy) is 1. The highest BCUT2D eigenvalue weighted by Crippen LogP contribution is 2.27. The Kier molecular flexibility index (Phi) is 9.21. The summed E-state index contributed by atoms with van der Waals surface area (Å²) in [6.07, 6.45) is 3.31. The second-order valence-electron chi connectivity index (χ2n) is 9.87. The predicted molar refractivity (Wildman–Crippen MR) is 147 cm³/mol. The molecule has 1 aliphatic heterocycles. The number of anilines is 1. The molecule has 4 rings (SSSR count). The van der Waals surface area contributed by atoms with Crippen LogP contribution in [0.15, 0.2) is 46.9 Å². The molecule has 2 aromatic carbocycles. The van der Waals surface area contributed by atoms with Crippen LogP contribution in [0.5, 0.6) is 0 Å². The summed E-state index contributed by atoms with van der Waals surface area (Å²) in [4.78, 5) is 39.5.